The standard InChI is InChI=1S/C23H21N3O/c27-23-19-4-2-1-3-18(19)12-22(23)24-13-15-5-7-16(8-6-15)17-9-10-20-21(11-17)26-14-25-20/h1-11,14,22-24,27H,12-13H2,(H,25,26)/t22-,23+/m0/s1. The molecule has 27 heavy (non-hydrogen) atoms. The van der Waals surface area contributed by atoms with E-state index < -0.39 is 6.10 Å². The Morgan fingerprint density at radius 1 is 1.00 bits per heavy atom. The van der Waals surface area contributed by atoms with Gasteiger partial charge in [0.25, 0.3) is 0 Å². The van der Waals surface area contributed by atoms with Gasteiger partial charge in [0.15, 0.2) is 0 Å². The number of H-pyrrole nitrogens is 1. The maximum Gasteiger partial charge on any atom is 0.0948 e. The highest BCUT2D eigenvalue weighted by Gasteiger charge is 2.29. The Hall–Kier alpha value is -2.95. The predicted molar refractivity (Wildman–Crippen MR) is 107 cm³/mol. The number of fused-ring (bicyclic) bond motifs is 2. The number of benzene rings is 3. The van der Waals surface area contributed by atoms with Crippen molar-refractivity contribution in [2.24, 2.45) is 0 Å². The van der Waals surface area contributed by atoms with Crippen molar-refractivity contribution in [2.45, 2.75) is 25.1 Å². The molecule has 0 amide bonds. The largest absolute Gasteiger partial charge is 0.387 e. The van der Waals surface area contributed by atoms with E-state index in [1.165, 1.54) is 22.3 Å². The lowest BCUT2D eigenvalue weighted by Crippen LogP contribution is -2.32. The molecule has 0 aliphatic heterocycles. The molecule has 0 spiro atoms. The smallest absolute Gasteiger partial charge is 0.0948 e. The molecule has 1 heterocycles. The van der Waals surface area contributed by atoms with E-state index in [0.717, 1.165) is 29.6 Å². The SMILES string of the molecule is O[C@@H]1c2ccccc2C[C@@H]1NCc1ccc(-c2ccc3nc[nH]c3c2)cc1. The van der Waals surface area contributed by atoms with Gasteiger partial charge in [0.05, 0.1) is 23.5 Å². The maximum atomic E-state index is 10.5. The van der Waals surface area contributed by atoms with Crippen LogP contribution >= 0.6 is 0 Å². The highest BCUT2D eigenvalue weighted by molar-refractivity contribution is 5.81. The van der Waals surface area contributed by atoms with Crippen LogP contribution in [0.1, 0.15) is 22.8 Å². The third-order valence-electron chi connectivity index (χ3n) is 5.47. The predicted octanol–water partition coefficient (Wildman–Crippen LogP) is 3.98. The number of nitrogens with one attached hydrogen (secondary N) is 2. The lowest BCUT2D eigenvalue weighted by molar-refractivity contribution is 0.141. The van der Waals surface area contributed by atoms with E-state index in [0.29, 0.717) is 0 Å². The molecule has 0 radical (unpaired) electrons. The zero-order chi connectivity index (χ0) is 18.2. The van der Waals surface area contributed by atoms with Crippen LogP contribution in [0, 0.1) is 0 Å². The first-order valence-corrected chi connectivity index (χ1v) is 9.30. The zero-order valence-corrected chi connectivity index (χ0v) is 14.9. The topological polar surface area (TPSA) is 60.9 Å². The van der Waals surface area contributed by atoms with E-state index in [9.17, 15) is 5.11 Å². The summed E-state index contributed by atoms with van der Waals surface area (Å²) in [4.78, 5) is 7.43. The number of nitrogens with zero attached hydrogens (tertiary/aromatic N) is 1. The van der Waals surface area contributed by atoms with Crippen LogP contribution in [-0.2, 0) is 13.0 Å². The number of aliphatic hydroxyl groups excluding tert-OH is 1. The second kappa shape index (κ2) is 6.65. The van der Waals surface area contributed by atoms with Crippen molar-refractivity contribution in [3.63, 3.8) is 0 Å². The number of hydrogen-bond donors (Lipinski definition) is 3. The molecule has 0 fully saturated rings. The van der Waals surface area contributed by atoms with Gasteiger partial charge >= 0.3 is 0 Å². The summed E-state index contributed by atoms with van der Waals surface area (Å²) < 4.78 is 0. The summed E-state index contributed by atoms with van der Waals surface area (Å²) >= 11 is 0. The Morgan fingerprint density at radius 2 is 1.81 bits per heavy atom. The minimum atomic E-state index is -0.429. The summed E-state index contributed by atoms with van der Waals surface area (Å²) in [5, 5.41) is 14.0. The molecule has 3 N–H and O–H groups in total. The molecule has 1 aliphatic carbocycles. The summed E-state index contributed by atoms with van der Waals surface area (Å²) in [5.74, 6) is 0. The normalized spacial score (nSPS) is 18.7. The van der Waals surface area contributed by atoms with Gasteiger partial charge in [0.2, 0.25) is 0 Å². The van der Waals surface area contributed by atoms with Gasteiger partial charge in [-0.2, -0.15) is 0 Å². The Morgan fingerprint density at radius 3 is 2.67 bits per heavy atom. The Kier molecular flexibility index (Phi) is 4.00. The van der Waals surface area contributed by atoms with Gasteiger partial charge in [-0.05, 0) is 46.4 Å². The molecule has 4 heteroatoms. The van der Waals surface area contributed by atoms with Gasteiger partial charge in [0.1, 0.15) is 0 Å². The Balaban J connectivity index is 1.27. The first-order valence-electron chi connectivity index (χ1n) is 9.30. The van der Waals surface area contributed by atoms with Gasteiger partial charge in [-0.3, -0.25) is 0 Å². The molecule has 0 saturated carbocycles. The minimum Gasteiger partial charge on any atom is -0.387 e. The summed E-state index contributed by atoms with van der Waals surface area (Å²) in [7, 11) is 0. The first kappa shape index (κ1) is 16.2. The van der Waals surface area contributed by atoms with Gasteiger partial charge in [-0.1, -0.05) is 54.6 Å². The van der Waals surface area contributed by atoms with Crippen LogP contribution in [0.5, 0.6) is 0 Å². The van der Waals surface area contributed by atoms with Crippen molar-refractivity contribution in [2.75, 3.05) is 0 Å². The molecule has 0 saturated heterocycles. The van der Waals surface area contributed by atoms with Crippen LogP contribution in [0.25, 0.3) is 22.2 Å². The van der Waals surface area contributed by atoms with E-state index in [1.54, 1.807) is 6.33 Å². The van der Waals surface area contributed by atoms with Crippen LogP contribution in [0.4, 0.5) is 0 Å². The Bertz CT molecular complexity index is 1080. The van der Waals surface area contributed by atoms with Gasteiger partial charge < -0.3 is 15.4 Å². The quantitative estimate of drug-likeness (QED) is 0.519. The third-order valence-corrected chi connectivity index (χ3v) is 5.47. The van der Waals surface area contributed by atoms with Crippen molar-refractivity contribution < 1.29 is 5.11 Å². The fraction of sp³-hybridized carbons (Fsp3) is 0.174. The third kappa shape index (κ3) is 3.03. The average Bonchev–Trinajstić information content (AvgIpc) is 3.31. The van der Waals surface area contributed by atoms with Crippen molar-refractivity contribution in [3.8, 4) is 11.1 Å². The number of aromatic amines is 1. The lowest BCUT2D eigenvalue weighted by Gasteiger charge is -2.17. The highest BCUT2D eigenvalue weighted by atomic mass is 16.3. The number of aromatic nitrogens is 2. The summed E-state index contributed by atoms with van der Waals surface area (Å²) in [5.41, 5.74) is 7.90. The van der Waals surface area contributed by atoms with E-state index in [-0.39, 0.29) is 6.04 Å². The molecule has 0 bridgehead atoms. The van der Waals surface area contributed by atoms with Crippen molar-refractivity contribution >= 4 is 11.0 Å². The molecule has 4 nitrogen and oxygen atoms in total. The monoisotopic (exact) mass is 355 g/mol. The molecule has 2 atom stereocenters. The Labute approximate surface area is 157 Å². The van der Waals surface area contributed by atoms with E-state index in [4.69, 9.17) is 0 Å². The molecule has 3 aromatic carbocycles. The van der Waals surface area contributed by atoms with Crippen LogP contribution in [0.2, 0.25) is 0 Å². The molecule has 0 unspecified atom stereocenters. The van der Waals surface area contributed by atoms with E-state index in [1.807, 2.05) is 24.3 Å². The summed E-state index contributed by atoms with van der Waals surface area (Å²) in [6.45, 7) is 0.746. The van der Waals surface area contributed by atoms with E-state index >= 15 is 0 Å². The summed E-state index contributed by atoms with van der Waals surface area (Å²) in [6.07, 6.45) is 2.17. The second-order valence-corrected chi connectivity index (χ2v) is 7.17. The number of rotatable bonds is 4. The highest BCUT2D eigenvalue weighted by Crippen LogP contribution is 2.31. The van der Waals surface area contributed by atoms with Gasteiger partial charge in [-0.15, -0.1) is 0 Å². The molecular formula is C23H21N3O. The molecular weight excluding hydrogens is 334 g/mol. The van der Waals surface area contributed by atoms with Crippen molar-refractivity contribution in [1.82, 2.24) is 15.3 Å². The first-order chi connectivity index (χ1) is 13.3. The molecule has 134 valence electrons. The number of hydrogen-bond acceptors (Lipinski definition) is 3. The fourth-order valence-electron chi connectivity index (χ4n) is 3.94. The minimum absolute atomic E-state index is 0.0739. The van der Waals surface area contributed by atoms with Crippen molar-refractivity contribution in [3.05, 3.63) is 89.7 Å². The van der Waals surface area contributed by atoms with Gasteiger partial charge in [-0.25, -0.2) is 4.98 Å². The fourth-order valence-corrected chi connectivity index (χ4v) is 3.94. The lowest BCUT2D eigenvalue weighted by atomic mass is 10.0. The van der Waals surface area contributed by atoms with Crippen LogP contribution in [0.15, 0.2) is 73.1 Å². The van der Waals surface area contributed by atoms with Crippen molar-refractivity contribution in [1.29, 1.82) is 0 Å². The van der Waals surface area contributed by atoms with Gasteiger partial charge in [0, 0.05) is 12.6 Å². The molecule has 5 rings (SSSR count). The summed E-state index contributed by atoms with van der Waals surface area (Å²) in [6, 6.07) is 23.1. The zero-order valence-electron chi connectivity index (χ0n) is 14.9. The average molecular weight is 355 g/mol. The number of aliphatic hydroxyl groups is 1. The van der Waals surface area contributed by atoms with E-state index in [2.05, 4.69) is 57.7 Å². The number of imidazole rings is 1. The second-order valence-electron chi connectivity index (χ2n) is 7.17. The maximum absolute atomic E-state index is 10.5. The molecule has 1 aliphatic rings. The molecule has 1 aromatic heterocycles. The van der Waals surface area contributed by atoms with Crippen LogP contribution in [-0.4, -0.2) is 21.1 Å². The van der Waals surface area contributed by atoms with Crippen LogP contribution in [0.3, 0.4) is 0 Å². The van der Waals surface area contributed by atoms with Crippen LogP contribution < -0.4 is 5.32 Å². The molecule has 4 aromatic rings.